The molecule has 0 aliphatic rings. The van der Waals surface area contributed by atoms with Crippen molar-refractivity contribution in [1.82, 2.24) is 0 Å². The standard InChI is InChI=1S/C12H15BrO2S/c1-3-15-12(14)10(13)8-9-6-4-5-7-11(9)16-2/h4-7,10H,3,8H2,1-2H3. The molecule has 0 bridgehead atoms. The highest BCUT2D eigenvalue weighted by atomic mass is 79.9. The van der Waals surface area contributed by atoms with Gasteiger partial charge in [-0.3, -0.25) is 4.79 Å². The summed E-state index contributed by atoms with van der Waals surface area (Å²) in [5.41, 5.74) is 1.17. The Morgan fingerprint density at radius 3 is 2.81 bits per heavy atom. The molecule has 0 saturated carbocycles. The van der Waals surface area contributed by atoms with Crippen molar-refractivity contribution < 1.29 is 9.53 Å². The van der Waals surface area contributed by atoms with Crippen LogP contribution in [0.25, 0.3) is 0 Å². The summed E-state index contributed by atoms with van der Waals surface area (Å²) in [4.78, 5) is 12.4. The molecule has 0 aromatic heterocycles. The Morgan fingerprint density at radius 2 is 2.19 bits per heavy atom. The predicted octanol–water partition coefficient (Wildman–Crippen LogP) is 3.28. The van der Waals surface area contributed by atoms with E-state index >= 15 is 0 Å². The molecule has 4 heteroatoms. The van der Waals surface area contributed by atoms with E-state index < -0.39 is 0 Å². The van der Waals surface area contributed by atoms with Crippen LogP contribution in [0.2, 0.25) is 0 Å². The Balaban J connectivity index is 2.68. The average molecular weight is 303 g/mol. The van der Waals surface area contributed by atoms with Crippen molar-refractivity contribution in [3.63, 3.8) is 0 Å². The molecule has 1 atom stereocenters. The van der Waals surface area contributed by atoms with Gasteiger partial charge in [0.25, 0.3) is 0 Å². The first kappa shape index (κ1) is 13.6. The van der Waals surface area contributed by atoms with Gasteiger partial charge in [0.15, 0.2) is 0 Å². The molecule has 0 aliphatic carbocycles. The van der Waals surface area contributed by atoms with Gasteiger partial charge in [-0.1, -0.05) is 34.1 Å². The van der Waals surface area contributed by atoms with Gasteiger partial charge in [0, 0.05) is 4.90 Å². The van der Waals surface area contributed by atoms with Crippen molar-refractivity contribution >= 4 is 33.7 Å². The number of thioether (sulfide) groups is 1. The molecule has 1 unspecified atom stereocenters. The number of ether oxygens (including phenoxy) is 1. The van der Waals surface area contributed by atoms with Gasteiger partial charge in [-0.05, 0) is 31.2 Å². The van der Waals surface area contributed by atoms with E-state index in [0.717, 1.165) is 0 Å². The predicted molar refractivity (Wildman–Crippen MR) is 71.3 cm³/mol. The molecule has 88 valence electrons. The summed E-state index contributed by atoms with van der Waals surface area (Å²) in [5, 5.41) is 0. The van der Waals surface area contributed by atoms with Crippen LogP contribution in [0.1, 0.15) is 12.5 Å². The van der Waals surface area contributed by atoms with Crippen molar-refractivity contribution in [2.75, 3.05) is 12.9 Å². The third kappa shape index (κ3) is 3.83. The van der Waals surface area contributed by atoms with Crippen molar-refractivity contribution in [3.05, 3.63) is 29.8 Å². The highest BCUT2D eigenvalue weighted by Gasteiger charge is 2.17. The molecule has 0 aliphatic heterocycles. The number of carbonyl (C=O) groups is 1. The number of carbonyl (C=O) groups excluding carboxylic acids is 1. The topological polar surface area (TPSA) is 26.3 Å². The summed E-state index contributed by atoms with van der Waals surface area (Å²) in [5.74, 6) is -0.196. The first-order chi connectivity index (χ1) is 7.69. The van der Waals surface area contributed by atoms with Crippen molar-refractivity contribution in [2.45, 2.75) is 23.1 Å². The summed E-state index contributed by atoms with van der Waals surface area (Å²) in [6.45, 7) is 2.23. The van der Waals surface area contributed by atoms with E-state index in [4.69, 9.17) is 4.74 Å². The number of hydrogen-bond acceptors (Lipinski definition) is 3. The fraction of sp³-hybridized carbons (Fsp3) is 0.417. The van der Waals surface area contributed by atoms with Crippen LogP contribution >= 0.6 is 27.7 Å². The Bertz CT molecular complexity index is 355. The van der Waals surface area contributed by atoms with Crippen LogP contribution in [-0.2, 0) is 16.0 Å². The lowest BCUT2D eigenvalue weighted by Gasteiger charge is -2.11. The van der Waals surface area contributed by atoms with E-state index in [-0.39, 0.29) is 10.8 Å². The van der Waals surface area contributed by atoms with Gasteiger partial charge in [-0.2, -0.15) is 0 Å². The second kappa shape index (κ2) is 6.97. The second-order valence-electron chi connectivity index (χ2n) is 3.24. The van der Waals surface area contributed by atoms with Crippen LogP contribution in [0, 0.1) is 0 Å². The Kier molecular flexibility index (Phi) is 5.91. The van der Waals surface area contributed by atoms with Gasteiger partial charge in [0.05, 0.1) is 6.61 Å². The zero-order chi connectivity index (χ0) is 12.0. The maximum Gasteiger partial charge on any atom is 0.320 e. The molecule has 16 heavy (non-hydrogen) atoms. The third-order valence-electron chi connectivity index (χ3n) is 2.13. The largest absolute Gasteiger partial charge is 0.465 e. The van der Waals surface area contributed by atoms with Gasteiger partial charge in [-0.25, -0.2) is 0 Å². The first-order valence-electron chi connectivity index (χ1n) is 5.11. The van der Waals surface area contributed by atoms with Crippen molar-refractivity contribution in [2.24, 2.45) is 0 Å². The molecule has 1 aromatic carbocycles. The van der Waals surface area contributed by atoms with Crippen LogP contribution < -0.4 is 0 Å². The van der Waals surface area contributed by atoms with Crippen molar-refractivity contribution in [1.29, 1.82) is 0 Å². The fourth-order valence-corrected chi connectivity index (χ4v) is 2.49. The number of halogens is 1. The first-order valence-corrected chi connectivity index (χ1v) is 7.25. The highest BCUT2D eigenvalue weighted by Crippen LogP contribution is 2.23. The normalized spacial score (nSPS) is 12.2. The monoisotopic (exact) mass is 302 g/mol. The number of esters is 1. The van der Waals surface area contributed by atoms with E-state index in [2.05, 4.69) is 22.0 Å². The number of alkyl halides is 1. The summed E-state index contributed by atoms with van der Waals surface area (Å²) in [7, 11) is 0. The summed E-state index contributed by atoms with van der Waals surface area (Å²) >= 11 is 5.05. The van der Waals surface area contributed by atoms with Crippen molar-refractivity contribution in [3.8, 4) is 0 Å². The third-order valence-corrected chi connectivity index (χ3v) is 3.67. The van der Waals surface area contributed by atoms with E-state index in [1.54, 1.807) is 11.8 Å². The molecule has 0 amide bonds. The maximum absolute atomic E-state index is 11.5. The van der Waals surface area contributed by atoms with Crippen LogP contribution in [0.15, 0.2) is 29.2 Å². The number of rotatable bonds is 5. The fourth-order valence-electron chi connectivity index (χ4n) is 1.38. The van der Waals surface area contributed by atoms with Gasteiger partial charge in [0.2, 0.25) is 0 Å². The molecule has 0 spiro atoms. The highest BCUT2D eigenvalue weighted by molar-refractivity contribution is 9.10. The maximum atomic E-state index is 11.5. The zero-order valence-electron chi connectivity index (χ0n) is 9.40. The Hall–Kier alpha value is -0.480. The summed E-state index contributed by atoms with van der Waals surface area (Å²) < 4.78 is 4.96. The SMILES string of the molecule is CCOC(=O)C(Br)Cc1ccccc1SC. The molecule has 0 saturated heterocycles. The van der Waals surface area contributed by atoms with Crippen LogP contribution in [0.5, 0.6) is 0 Å². The van der Waals surface area contributed by atoms with Crippen LogP contribution in [0.3, 0.4) is 0 Å². The van der Waals surface area contributed by atoms with Gasteiger partial charge < -0.3 is 4.74 Å². The second-order valence-corrected chi connectivity index (χ2v) is 5.19. The quantitative estimate of drug-likeness (QED) is 0.474. The molecule has 1 rings (SSSR count). The molecule has 0 radical (unpaired) electrons. The lowest BCUT2D eigenvalue weighted by Crippen LogP contribution is -2.19. The van der Waals surface area contributed by atoms with Gasteiger partial charge >= 0.3 is 5.97 Å². The molecule has 0 heterocycles. The smallest absolute Gasteiger partial charge is 0.320 e. The van der Waals surface area contributed by atoms with E-state index in [1.165, 1.54) is 10.5 Å². The number of hydrogen-bond donors (Lipinski definition) is 0. The summed E-state index contributed by atoms with van der Waals surface area (Å²) in [6.07, 6.45) is 2.70. The average Bonchev–Trinajstić information content (AvgIpc) is 2.30. The molecular formula is C12H15BrO2S. The zero-order valence-corrected chi connectivity index (χ0v) is 11.8. The lowest BCUT2D eigenvalue weighted by molar-refractivity contribution is -0.142. The van der Waals surface area contributed by atoms with E-state index in [0.29, 0.717) is 13.0 Å². The van der Waals surface area contributed by atoms with E-state index in [1.807, 2.05) is 31.4 Å². The van der Waals surface area contributed by atoms with E-state index in [9.17, 15) is 4.79 Å². The Morgan fingerprint density at radius 1 is 1.50 bits per heavy atom. The minimum absolute atomic E-state index is 0.196. The minimum atomic E-state index is -0.263. The Labute approximate surface area is 109 Å². The molecule has 1 aromatic rings. The summed E-state index contributed by atoms with van der Waals surface area (Å²) in [6, 6.07) is 8.09. The van der Waals surface area contributed by atoms with Gasteiger partial charge in [0.1, 0.15) is 4.83 Å². The van der Waals surface area contributed by atoms with Crippen LogP contribution in [0.4, 0.5) is 0 Å². The lowest BCUT2D eigenvalue weighted by atomic mass is 10.1. The number of benzene rings is 1. The molecule has 0 N–H and O–H groups in total. The molecule has 0 fully saturated rings. The molecular weight excluding hydrogens is 288 g/mol. The van der Waals surface area contributed by atoms with Gasteiger partial charge in [-0.15, -0.1) is 11.8 Å². The van der Waals surface area contributed by atoms with Crippen LogP contribution in [-0.4, -0.2) is 23.7 Å². The minimum Gasteiger partial charge on any atom is -0.465 e. The molecule has 2 nitrogen and oxygen atoms in total.